The van der Waals surface area contributed by atoms with Crippen molar-refractivity contribution in [2.75, 3.05) is 13.1 Å². The van der Waals surface area contributed by atoms with E-state index in [-0.39, 0.29) is 24.5 Å². The Morgan fingerprint density at radius 1 is 1.04 bits per heavy atom. The molecule has 2 bridgehead atoms. The van der Waals surface area contributed by atoms with Gasteiger partial charge in [0.1, 0.15) is 0 Å². The van der Waals surface area contributed by atoms with Gasteiger partial charge < -0.3 is 16.0 Å². The third-order valence-electron chi connectivity index (χ3n) is 6.59. The molecule has 0 saturated heterocycles. The van der Waals surface area contributed by atoms with Crippen molar-refractivity contribution in [3.63, 3.8) is 0 Å². The van der Waals surface area contributed by atoms with Gasteiger partial charge in [0.2, 0.25) is 5.91 Å². The average Bonchev–Trinajstić information content (AvgIpc) is 3.30. The standard InChI is InChI=1S/C23H35N3O2/c1-15(2)19-7-4-17(5-8-19)10-11-24-22(27)14-25-23(28)26-16(3)21-13-18-6-9-20(21)12-18/h4-5,7-8,15-16,18,20-21H,6,9-14H2,1-3H3,(H,24,27)(H2,25,26,28)/t16-,18-,20-,21-/m0/s1. The predicted molar refractivity (Wildman–Crippen MR) is 112 cm³/mol. The summed E-state index contributed by atoms with van der Waals surface area (Å²) >= 11 is 0. The van der Waals surface area contributed by atoms with Gasteiger partial charge in [0.05, 0.1) is 6.54 Å². The van der Waals surface area contributed by atoms with Gasteiger partial charge in [-0.1, -0.05) is 44.5 Å². The average molecular weight is 386 g/mol. The summed E-state index contributed by atoms with van der Waals surface area (Å²) in [6.07, 6.45) is 6.04. The van der Waals surface area contributed by atoms with Crippen LogP contribution in [0.4, 0.5) is 4.79 Å². The highest BCUT2D eigenvalue weighted by atomic mass is 16.2. The van der Waals surface area contributed by atoms with Crippen LogP contribution < -0.4 is 16.0 Å². The first-order valence-electron chi connectivity index (χ1n) is 10.8. The number of amides is 3. The molecule has 0 aliphatic heterocycles. The third-order valence-corrected chi connectivity index (χ3v) is 6.59. The van der Waals surface area contributed by atoms with Gasteiger partial charge in [-0.2, -0.15) is 0 Å². The van der Waals surface area contributed by atoms with E-state index in [2.05, 4.69) is 61.0 Å². The Morgan fingerprint density at radius 2 is 1.79 bits per heavy atom. The molecule has 1 aromatic carbocycles. The lowest BCUT2D eigenvalue weighted by atomic mass is 9.84. The maximum Gasteiger partial charge on any atom is 0.315 e. The highest BCUT2D eigenvalue weighted by Gasteiger charge is 2.42. The lowest BCUT2D eigenvalue weighted by molar-refractivity contribution is -0.120. The van der Waals surface area contributed by atoms with Crippen LogP contribution in [0.1, 0.15) is 63.5 Å². The van der Waals surface area contributed by atoms with Crippen molar-refractivity contribution in [1.29, 1.82) is 0 Å². The smallest absolute Gasteiger partial charge is 0.315 e. The molecule has 3 N–H and O–H groups in total. The molecule has 0 radical (unpaired) electrons. The molecule has 28 heavy (non-hydrogen) atoms. The molecule has 2 aliphatic carbocycles. The zero-order chi connectivity index (χ0) is 20.1. The summed E-state index contributed by atoms with van der Waals surface area (Å²) in [6, 6.07) is 8.45. The topological polar surface area (TPSA) is 70.2 Å². The van der Waals surface area contributed by atoms with E-state index < -0.39 is 0 Å². The van der Waals surface area contributed by atoms with Gasteiger partial charge in [-0.15, -0.1) is 0 Å². The second-order valence-corrected chi connectivity index (χ2v) is 8.95. The number of nitrogens with one attached hydrogen (secondary N) is 3. The first-order chi connectivity index (χ1) is 13.4. The van der Waals surface area contributed by atoms with Gasteiger partial charge in [0.25, 0.3) is 0 Å². The van der Waals surface area contributed by atoms with E-state index in [0.717, 1.165) is 18.3 Å². The second-order valence-electron chi connectivity index (χ2n) is 8.95. The van der Waals surface area contributed by atoms with Crippen LogP contribution in [-0.4, -0.2) is 31.1 Å². The lowest BCUT2D eigenvalue weighted by Gasteiger charge is -2.28. The molecule has 4 atom stereocenters. The Bertz CT molecular complexity index is 671. The summed E-state index contributed by atoms with van der Waals surface area (Å²) in [5, 5.41) is 8.59. The lowest BCUT2D eigenvalue weighted by Crippen LogP contribution is -2.47. The van der Waals surface area contributed by atoms with Gasteiger partial charge in [-0.25, -0.2) is 4.79 Å². The summed E-state index contributed by atoms with van der Waals surface area (Å²) in [4.78, 5) is 24.1. The van der Waals surface area contributed by atoms with Crippen molar-refractivity contribution in [2.24, 2.45) is 17.8 Å². The van der Waals surface area contributed by atoms with Crippen LogP contribution in [0.5, 0.6) is 0 Å². The van der Waals surface area contributed by atoms with Gasteiger partial charge in [0.15, 0.2) is 0 Å². The molecule has 2 saturated carbocycles. The number of benzene rings is 1. The maximum absolute atomic E-state index is 12.1. The van der Waals surface area contributed by atoms with Crippen LogP contribution in [-0.2, 0) is 11.2 Å². The van der Waals surface area contributed by atoms with E-state index in [1.54, 1.807) is 0 Å². The number of fused-ring (bicyclic) bond motifs is 2. The van der Waals surface area contributed by atoms with Crippen LogP contribution >= 0.6 is 0 Å². The summed E-state index contributed by atoms with van der Waals surface area (Å²) in [5.41, 5.74) is 2.53. The molecule has 0 unspecified atom stereocenters. The molecule has 5 nitrogen and oxygen atoms in total. The first-order valence-corrected chi connectivity index (χ1v) is 10.8. The summed E-state index contributed by atoms with van der Waals surface area (Å²) in [7, 11) is 0. The van der Waals surface area contributed by atoms with Crippen LogP contribution in [0.15, 0.2) is 24.3 Å². The van der Waals surface area contributed by atoms with Gasteiger partial charge in [-0.05, 0) is 67.4 Å². The molecule has 2 aliphatic rings. The molecule has 5 heteroatoms. The van der Waals surface area contributed by atoms with E-state index in [1.165, 1.54) is 36.8 Å². The number of carbonyl (C=O) groups excluding carboxylic acids is 2. The fraction of sp³-hybridized carbons (Fsp3) is 0.652. The molecular weight excluding hydrogens is 350 g/mol. The summed E-state index contributed by atoms with van der Waals surface area (Å²) in [5.74, 6) is 2.62. The van der Waals surface area contributed by atoms with Crippen LogP contribution in [0.2, 0.25) is 0 Å². The van der Waals surface area contributed by atoms with Crippen molar-refractivity contribution in [1.82, 2.24) is 16.0 Å². The van der Waals surface area contributed by atoms with Gasteiger partial charge in [-0.3, -0.25) is 4.79 Å². The summed E-state index contributed by atoms with van der Waals surface area (Å²) < 4.78 is 0. The van der Waals surface area contributed by atoms with Crippen molar-refractivity contribution in [3.05, 3.63) is 35.4 Å². The minimum absolute atomic E-state index is 0.0154. The van der Waals surface area contributed by atoms with E-state index in [4.69, 9.17) is 0 Å². The Hall–Kier alpha value is -2.04. The quantitative estimate of drug-likeness (QED) is 0.640. The highest BCUT2D eigenvalue weighted by Crippen LogP contribution is 2.49. The monoisotopic (exact) mass is 385 g/mol. The maximum atomic E-state index is 12.1. The van der Waals surface area contributed by atoms with Crippen LogP contribution in [0, 0.1) is 17.8 Å². The van der Waals surface area contributed by atoms with Gasteiger partial charge >= 0.3 is 6.03 Å². The molecule has 3 amide bonds. The van der Waals surface area contributed by atoms with Crippen molar-refractivity contribution >= 4 is 11.9 Å². The molecule has 2 fully saturated rings. The minimum Gasteiger partial charge on any atom is -0.354 e. The predicted octanol–water partition coefficient (Wildman–Crippen LogP) is 3.59. The zero-order valence-electron chi connectivity index (χ0n) is 17.5. The molecule has 0 spiro atoms. The van der Waals surface area contributed by atoms with E-state index >= 15 is 0 Å². The van der Waals surface area contributed by atoms with Crippen LogP contribution in [0.25, 0.3) is 0 Å². The number of hydrogen-bond donors (Lipinski definition) is 3. The fourth-order valence-corrected chi connectivity index (χ4v) is 4.91. The zero-order valence-corrected chi connectivity index (χ0v) is 17.5. The first kappa shape index (κ1) is 20.7. The number of rotatable bonds is 8. The normalized spacial score (nSPS) is 24.2. The second kappa shape index (κ2) is 9.44. The molecule has 3 rings (SSSR count). The van der Waals surface area contributed by atoms with Crippen molar-refractivity contribution in [2.45, 2.75) is 64.8 Å². The van der Waals surface area contributed by atoms with Gasteiger partial charge in [0, 0.05) is 12.6 Å². The number of carbonyl (C=O) groups is 2. The van der Waals surface area contributed by atoms with E-state index in [0.29, 0.717) is 18.4 Å². The highest BCUT2D eigenvalue weighted by molar-refractivity contribution is 5.83. The molecule has 0 aromatic heterocycles. The Kier molecular flexibility index (Phi) is 6.97. The largest absolute Gasteiger partial charge is 0.354 e. The van der Waals surface area contributed by atoms with Crippen molar-refractivity contribution in [3.8, 4) is 0 Å². The molecule has 0 heterocycles. The SMILES string of the molecule is CC(C)c1ccc(CCNC(=O)CNC(=O)N[C@@H](C)[C@@H]2C[C@H]3CC[C@H]2C3)cc1. The number of hydrogen-bond acceptors (Lipinski definition) is 2. The third kappa shape index (κ3) is 5.49. The summed E-state index contributed by atoms with van der Waals surface area (Å²) in [6.45, 7) is 7.04. The van der Waals surface area contributed by atoms with Crippen LogP contribution in [0.3, 0.4) is 0 Å². The Morgan fingerprint density at radius 3 is 2.39 bits per heavy atom. The molecule has 1 aromatic rings. The molecular formula is C23H35N3O2. The van der Waals surface area contributed by atoms with E-state index in [9.17, 15) is 9.59 Å². The Labute approximate surface area is 169 Å². The fourth-order valence-electron chi connectivity index (χ4n) is 4.91. The van der Waals surface area contributed by atoms with E-state index in [1.807, 2.05) is 0 Å². The Balaban J connectivity index is 1.30. The number of urea groups is 1. The van der Waals surface area contributed by atoms with Crippen molar-refractivity contribution < 1.29 is 9.59 Å². The minimum atomic E-state index is -0.241. The molecule has 154 valence electrons.